The van der Waals surface area contributed by atoms with Crippen LogP contribution in [0.15, 0.2) is 41.5 Å². The van der Waals surface area contributed by atoms with Crippen LogP contribution in [-0.4, -0.2) is 32.5 Å². The van der Waals surface area contributed by atoms with E-state index in [9.17, 15) is 4.79 Å². The monoisotopic (exact) mass is 296 g/mol. The first-order valence-electron chi connectivity index (χ1n) is 7.32. The third kappa shape index (κ3) is 1.95. The summed E-state index contributed by atoms with van der Waals surface area (Å²) in [6, 6.07) is 9.46. The summed E-state index contributed by atoms with van der Waals surface area (Å²) in [5.41, 5.74) is 1.60. The Morgan fingerprint density at radius 2 is 2.18 bits per heavy atom. The predicted octanol–water partition coefficient (Wildman–Crippen LogP) is 1.62. The number of hydrogen-bond donors (Lipinski definition) is 0. The van der Waals surface area contributed by atoms with Crippen molar-refractivity contribution in [3.63, 3.8) is 0 Å². The Labute approximate surface area is 127 Å². The van der Waals surface area contributed by atoms with Crippen LogP contribution in [0.2, 0.25) is 0 Å². The Balaban J connectivity index is 1.98. The van der Waals surface area contributed by atoms with Gasteiger partial charge >= 0.3 is 0 Å². The minimum atomic E-state index is -0.0576. The average molecular weight is 296 g/mol. The minimum absolute atomic E-state index is 0.0576. The van der Waals surface area contributed by atoms with Gasteiger partial charge in [-0.2, -0.15) is 5.10 Å². The molecule has 0 saturated carbocycles. The first kappa shape index (κ1) is 13.2. The second kappa shape index (κ2) is 5.06. The summed E-state index contributed by atoms with van der Waals surface area (Å²) in [5.74, 6) is 1.08. The van der Waals surface area contributed by atoms with Crippen molar-refractivity contribution in [3.8, 4) is 5.69 Å². The smallest absolute Gasteiger partial charge is 0.252 e. The molecule has 1 unspecified atom stereocenters. The van der Waals surface area contributed by atoms with Crippen LogP contribution in [0, 0.1) is 0 Å². The maximum absolute atomic E-state index is 12.3. The summed E-state index contributed by atoms with van der Waals surface area (Å²) in [7, 11) is 1.78. The number of fused-ring (bicyclic) bond motifs is 1. The molecule has 1 fully saturated rings. The fourth-order valence-electron chi connectivity index (χ4n) is 3.02. The van der Waals surface area contributed by atoms with Crippen molar-refractivity contribution in [2.24, 2.45) is 7.05 Å². The summed E-state index contributed by atoms with van der Waals surface area (Å²) in [5, 5.41) is 5.34. The number of benzene rings is 1. The lowest BCUT2D eigenvalue weighted by atomic mass is 10.1. The molecule has 0 amide bonds. The molecule has 0 radical (unpaired) electrons. The van der Waals surface area contributed by atoms with Crippen molar-refractivity contribution < 1.29 is 4.74 Å². The van der Waals surface area contributed by atoms with Crippen LogP contribution in [0.1, 0.15) is 18.2 Å². The van der Waals surface area contributed by atoms with Crippen LogP contribution in [0.25, 0.3) is 16.6 Å². The van der Waals surface area contributed by atoms with Gasteiger partial charge in [-0.25, -0.2) is 9.67 Å². The zero-order chi connectivity index (χ0) is 15.1. The molecule has 0 spiro atoms. The molecule has 112 valence electrons. The van der Waals surface area contributed by atoms with Crippen molar-refractivity contribution in [1.82, 2.24) is 19.3 Å². The van der Waals surface area contributed by atoms with Gasteiger partial charge < -0.3 is 9.30 Å². The quantitative estimate of drug-likeness (QED) is 0.721. The van der Waals surface area contributed by atoms with E-state index in [4.69, 9.17) is 4.74 Å². The Bertz CT molecular complexity index is 891. The molecule has 1 aliphatic rings. The molecule has 2 aromatic heterocycles. The number of para-hydroxylation sites is 1. The molecule has 1 aliphatic heterocycles. The Morgan fingerprint density at radius 3 is 3.00 bits per heavy atom. The van der Waals surface area contributed by atoms with E-state index in [1.54, 1.807) is 28.7 Å². The number of hydrogen-bond acceptors (Lipinski definition) is 4. The van der Waals surface area contributed by atoms with E-state index in [1.807, 2.05) is 24.3 Å². The van der Waals surface area contributed by atoms with Crippen molar-refractivity contribution in [2.75, 3.05) is 13.2 Å². The van der Waals surface area contributed by atoms with E-state index in [0.29, 0.717) is 6.61 Å². The van der Waals surface area contributed by atoms with Gasteiger partial charge in [0, 0.05) is 31.0 Å². The van der Waals surface area contributed by atoms with Gasteiger partial charge in [0.05, 0.1) is 17.8 Å². The maximum atomic E-state index is 12.3. The lowest BCUT2D eigenvalue weighted by Gasteiger charge is -2.13. The van der Waals surface area contributed by atoms with Gasteiger partial charge in [-0.05, 0) is 12.5 Å². The van der Waals surface area contributed by atoms with Crippen LogP contribution in [0.3, 0.4) is 0 Å². The van der Waals surface area contributed by atoms with E-state index in [-0.39, 0.29) is 11.5 Å². The number of ether oxygens (including phenoxy) is 1. The van der Waals surface area contributed by atoms with E-state index < -0.39 is 0 Å². The Hall–Kier alpha value is -2.47. The van der Waals surface area contributed by atoms with Gasteiger partial charge in [0.15, 0.2) is 0 Å². The fourth-order valence-corrected chi connectivity index (χ4v) is 3.02. The van der Waals surface area contributed by atoms with Crippen molar-refractivity contribution in [1.29, 1.82) is 0 Å². The molecule has 22 heavy (non-hydrogen) atoms. The van der Waals surface area contributed by atoms with Gasteiger partial charge in [0.25, 0.3) is 5.56 Å². The average Bonchev–Trinajstić information content (AvgIpc) is 3.21. The number of nitrogens with zero attached hydrogens (tertiary/aromatic N) is 4. The second-order valence-corrected chi connectivity index (χ2v) is 5.53. The second-order valence-electron chi connectivity index (χ2n) is 5.53. The van der Waals surface area contributed by atoms with Gasteiger partial charge in [0.1, 0.15) is 12.2 Å². The van der Waals surface area contributed by atoms with Gasteiger partial charge in [-0.3, -0.25) is 4.79 Å². The highest BCUT2D eigenvalue weighted by molar-refractivity contribution is 5.87. The van der Waals surface area contributed by atoms with E-state index in [2.05, 4.69) is 10.1 Å². The van der Waals surface area contributed by atoms with Crippen molar-refractivity contribution in [3.05, 3.63) is 52.8 Å². The molecule has 0 bridgehead atoms. The molecule has 3 heterocycles. The summed E-state index contributed by atoms with van der Waals surface area (Å²) >= 11 is 0. The minimum Gasteiger partial charge on any atom is -0.381 e. The highest BCUT2D eigenvalue weighted by Gasteiger charge is 2.24. The highest BCUT2D eigenvalue weighted by Crippen LogP contribution is 2.27. The van der Waals surface area contributed by atoms with E-state index >= 15 is 0 Å². The van der Waals surface area contributed by atoms with Crippen LogP contribution in [-0.2, 0) is 11.8 Å². The third-order valence-corrected chi connectivity index (χ3v) is 4.23. The first-order valence-corrected chi connectivity index (χ1v) is 7.32. The number of pyridine rings is 1. The lowest BCUT2D eigenvalue weighted by Crippen LogP contribution is -2.19. The predicted molar refractivity (Wildman–Crippen MR) is 82.3 cm³/mol. The zero-order valence-corrected chi connectivity index (χ0v) is 12.3. The van der Waals surface area contributed by atoms with Crippen molar-refractivity contribution in [2.45, 2.75) is 12.3 Å². The third-order valence-electron chi connectivity index (χ3n) is 4.23. The molecule has 6 nitrogen and oxygen atoms in total. The van der Waals surface area contributed by atoms with Gasteiger partial charge in [-0.1, -0.05) is 18.2 Å². The van der Waals surface area contributed by atoms with Crippen LogP contribution in [0.5, 0.6) is 0 Å². The fraction of sp³-hybridized carbons (Fsp3) is 0.312. The summed E-state index contributed by atoms with van der Waals surface area (Å²) in [6.45, 7) is 1.40. The molecule has 1 aromatic carbocycles. The Morgan fingerprint density at radius 1 is 1.32 bits per heavy atom. The normalized spacial score (nSPS) is 18.1. The van der Waals surface area contributed by atoms with E-state index in [0.717, 1.165) is 35.4 Å². The topological polar surface area (TPSA) is 61.9 Å². The standard InChI is InChI=1S/C16H16N4O2/c1-19-13-5-3-2-4-12(13)14(8-15(19)21)20-16(17-10-18-20)11-6-7-22-9-11/h2-5,8,10-11H,6-7,9H2,1H3. The molecule has 0 N–H and O–H groups in total. The number of aryl methyl sites for hydroxylation is 1. The van der Waals surface area contributed by atoms with E-state index in [1.165, 1.54) is 0 Å². The number of rotatable bonds is 2. The van der Waals surface area contributed by atoms with Crippen LogP contribution in [0.4, 0.5) is 0 Å². The molecule has 1 atom stereocenters. The highest BCUT2D eigenvalue weighted by atomic mass is 16.5. The summed E-state index contributed by atoms with van der Waals surface area (Å²) < 4.78 is 8.88. The molecular weight excluding hydrogens is 280 g/mol. The van der Waals surface area contributed by atoms with Crippen molar-refractivity contribution >= 4 is 10.9 Å². The maximum Gasteiger partial charge on any atom is 0.252 e. The summed E-state index contributed by atoms with van der Waals surface area (Å²) in [6.07, 6.45) is 2.47. The first-order chi connectivity index (χ1) is 10.8. The van der Waals surface area contributed by atoms with Crippen LogP contribution < -0.4 is 5.56 Å². The molecule has 0 aliphatic carbocycles. The number of aromatic nitrogens is 4. The molecule has 4 rings (SSSR count). The molecule has 1 saturated heterocycles. The van der Waals surface area contributed by atoms with Gasteiger partial charge in [0.2, 0.25) is 0 Å². The molecule has 6 heteroatoms. The zero-order valence-electron chi connectivity index (χ0n) is 12.3. The van der Waals surface area contributed by atoms with Gasteiger partial charge in [-0.15, -0.1) is 0 Å². The lowest BCUT2D eigenvalue weighted by molar-refractivity contribution is 0.193. The Kier molecular flexibility index (Phi) is 3.04. The largest absolute Gasteiger partial charge is 0.381 e. The molecule has 3 aromatic rings. The summed E-state index contributed by atoms with van der Waals surface area (Å²) in [4.78, 5) is 16.7. The molecular formula is C16H16N4O2. The van der Waals surface area contributed by atoms with Crippen LogP contribution >= 0.6 is 0 Å². The SMILES string of the molecule is Cn1c(=O)cc(-n2ncnc2C2CCOC2)c2ccccc21.